The summed E-state index contributed by atoms with van der Waals surface area (Å²) < 4.78 is 0. The number of hydrogen-bond donors (Lipinski definition) is 2. The number of nitrogens with one attached hydrogen (secondary N) is 1. The molecule has 1 aromatic carbocycles. The van der Waals surface area contributed by atoms with Gasteiger partial charge in [-0.25, -0.2) is 0 Å². The molecule has 0 unspecified atom stereocenters. The number of carbonyl (C=O) groups excluding carboxylic acids is 2. The summed E-state index contributed by atoms with van der Waals surface area (Å²) in [5.74, 6) is -0.307. The zero-order valence-electron chi connectivity index (χ0n) is 8.47. The van der Waals surface area contributed by atoms with Gasteiger partial charge in [0.1, 0.15) is 6.29 Å². The predicted molar refractivity (Wildman–Crippen MR) is 57.6 cm³/mol. The van der Waals surface area contributed by atoms with Gasteiger partial charge in [0.05, 0.1) is 6.54 Å². The minimum absolute atomic E-state index is 0.00412. The maximum Gasteiger partial charge on any atom is 0.377 e. The Hall–Kier alpha value is -1.66. The van der Waals surface area contributed by atoms with Crippen LogP contribution in [0, 0.1) is 0 Å². The molecule has 1 aliphatic rings. The van der Waals surface area contributed by atoms with Crippen LogP contribution in [0.2, 0.25) is 0 Å². The monoisotopic (exact) mass is 219 g/mol. The van der Waals surface area contributed by atoms with Gasteiger partial charge in [0.15, 0.2) is 0 Å². The summed E-state index contributed by atoms with van der Waals surface area (Å²) in [5, 5.41) is 11.0. The van der Waals surface area contributed by atoms with Crippen LogP contribution < -0.4 is 10.8 Å². The number of fused-ring (bicyclic) bond motifs is 1. The molecular formula is C10H10BNO4. The molecule has 0 radical (unpaired) electrons. The first-order chi connectivity index (χ1) is 7.76. The zero-order valence-corrected chi connectivity index (χ0v) is 8.47. The molecule has 6 heteroatoms. The molecule has 16 heavy (non-hydrogen) atoms. The van der Waals surface area contributed by atoms with E-state index in [1.54, 1.807) is 12.1 Å². The second-order valence-corrected chi connectivity index (χ2v) is 3.59. The van der Waals surface area contributed by atoms with E-state index in [1.165, 1.54) is 0 Å². The summed E-state index contributed by atoms with van der Waals surface area (Å²) in [5.41, 5.74) is 2.34. The molecule has 82 valence electrons. The van der Waals surface area contributed by atoms with Crippen LogP contribution in [0.4, 0.5) is 0 Å². The van der Waals surface area contributed by atoms with E-state index in [-0.39, 0.29) is 19.4 Å². The quantitative estimate of drug-likeness (QED) is 0.307. The second kappa shape index (κ2) is 4.46. The van der Waals surface area contributed by atoms with Crippen LogP contribution in [0.5, 0.6) is 0 Å². The van der Waals surface area contributed by atoms with E-state index in [4.69, 9.17) is 5.26 Å². The van der Waals surface area contributed by atoms with Crippen molar-refractivity contribution in [3.63, 3.8) is 0 Å². The molecule has 0 atom stereocenters. The van der Waals surface area contributed by atoms with Crippen molar-refractivity contribution in [2.75, 3.05) is 6.54 Å². The van der Waals surface area contributed by atoms with Crippen molar-refractivity contribution in [2.45, 2.75) is 6.32 Å². The molecule has 1 amide bonds. The number of carbonyl (C=O) groups is 2. The Labute approximate surface area is 92.5 Å². The van der Waals surface area contributed by atoms with Crippen LogP contribution in [0.3, 0.4) is 0 Å². The number of aldehydes is 1. The van der Waals surface area contributed by atoms with Gasteiger partial charge in [-0.15, -0.1) is 0 Å². The first-order valence-electron chi connectivity index (χ1n) is 4.91. The van der Waals surface area contributed by atoms with Crippen molar-refractivity contribution in [3.05, 3.63) is 29.3 Å². The highest BCUT2D eigenvalue weighted by atomic mass is 17.1. The smallest absolute Gasteiger partial charge is 0.345 e. The summed E-state index contributed by atoms with van der Waals surface area (Å²) in [6.45, 7) is -0.343. The lowest BCUT2D eigenvalue weighted by Gasteiger charge is -2.24. The molecule has 1 aromatic rings. The van der Waals surface area contributed by atoms with Gasteiger partial charge < -0.3 is 14.9 Å². The zero-order chi connectivity index (χ0) is 11.5. The van der Waals surface area contributed by atoms with Gasteiger partial charge in [0.2, 0.25) is 0 Å². The first kappa shape index (κ1) is 10.8. The van der Waals surface area contributed by atoms with Crippen molar-refractivity contribution in [1.82, 2.24) is 5.32 Å². The van der Waals surface area contributed by atoms with Gasteiger partial charge in [-0.2, -0.15) is 0 Å². The van der Waals surface area contributed by atoms with Crippen molar-refractivity contribution >= 4 is 24.6 Å². The Morgan fingerprint density at radius 1 is 1.62 bits per heavy atom. The van der Waals surface area contributed by atoms with Crippen LogP contribution in [0.25, 0.3) is 0 Å². The molecule has 1 aliphatic heterocycles. The Morgan fingerprint density at radius 3 is 3.12 bits per heavy atom. The van der Waals surface area contributed by atoms with Crippen molar-refractivity contribution in [1.29, 1.82) is 0 Å². The molecule has 0 saturated carbocycles. The fraction of sp³-hybridized carbons (Fsp3) is 0.200. The highest BCUT2D eigenvalue weighted by Gasteiger charge is 2.33. The number of rotatable bonds is 4. The minimum Gasteiger partial charge on any atom is -0.345 e. The van der Waals surface area contributed by atoms with Gasteiger partial charge >= 0.3 is 6.92 Å². The molecule has 1 heterocycles. The van der Waals surface area contributed by atoms with E-state index in [0.29, 0.717) is 18.2 Å². The molecular weight excluding hydrogens is 209 g/mol. The summed E-state index contributed by atoms with van der Waals surface area (Å²) in [6, 6.07) is 5.17. The van der Waals surface area contributed by atoms with E-state index >= 15 is 0 Å². The Morgan fingerprint density at radius 2 is 2.44 bits per heavy atom. The van der Waals surface area contributed by atoms with E-state index in [9.17, 15) is 9.59 Å². The number of benzene rings is 1. The van der Waals surface area contributed by atoms with E-state index < -0.39 is 0 Å². The summed E-state index contributed by atoms with van der Waals surface area (Å²) >= 11 is 0. The standard InChI is InChI=1S/C10H10BNO4/c13-4-3-12-10(14)7-1-2-8-6-11(16-15)9(8)5-7/h1-2,4-5,15H,3,6H2,(H,12,14). The van der Waals surface area contributed by atoms with Gasteiger partial charge in [-0.1, -0.05) is 17.7 Å². The van der Waals surface area contributed by atoms with Crippen LogP contribution in [-0.4, -0.2) is 30.9 Å². The van der Waals surface area contributed by atoms with E-state index in [1.807, 2.05) is 6.07 Å². The third kappa shape index (κ3) is 1.85. The maximum atomic E-state index is 11.5. The lowest BCUT2D eigenvalue weighted by molar-refractivity contribution is -0.143. The van der Waals surface area contributed by atoms with E-state index in [0.717, 1.165) is 11.0 Å². The summed E-state index contributed by atoms with van der Waals surface area (Å²) in [6.07, 6.45) is 1.28. The summed E-state index contributed by atoms with van der Waals surface area (Å²) in [7, 11) is 0. The predicted octanol–water partition coefficient (Wildman–Crippen LogP) is -0.601. The largest absolute Gasteiger partial charge is 0.377 e. The highest BCUT2D eigenvalue weighted by molar-refractivity contribution is 6.71. The fourth-order valence-electron chi connectivity index (χ4n) is 1.73. The summed E-state index contributed by atoms with van der Waals surface area (Å²) in [4.78, 5) is 25.9. The normalized spacial score (nSPS) is 12.7. The maximum absolute atomic E-state index is 11.5. The average Bonchev–Trinajstić information content (AvgIpc) is 2.28. The van der Waals surface area contributed by atoms with Crippen LogP contribution in [0.1, 0.15) is 15.9 Å². The van der Waals surface area contributed by atoms with Crippen molar-refractivity contribution in [3.8, 4) is 0 Å². The Bertz CT molecular complexity index is 435. The third-order valence-corrected chi connectivity index (χ3v) is 2.63. The van der Waals surface area contributed by atoms with E-state index in [2.05, 4.69) is 10.1 Å². The molecule has 2 N–H and O–H groups in total. The van der Waals surface area contributed by atoms with Gasteiger partial charge in [-0.05, 0) is 17.8 Å². The molecule has 5 nitrogen and oxygen atoms in total. The highest BCUT2D eigenvalue weighted by Crippen LogP contribution is 2.14. The Kier molecular flexibility index (Phi) is 3.03. The van der Waals surface area contributed by atoms with Crippen LogP contribution >= 0.6 is 0 Å². The molecule has 2 rings (SSSR count). The Balaban J connectivity index is 2.14. The molecule has 0 bridgehead atoms. The van der Waals surface area contributed by atoms with Crippen LogP contribution in [-0.2, 0) is 15.9 Å². The van der Waals surface area contributed by atoms with Gasteiger partial charge in [0, 0.05) is 5.56 Å². The number of amides is 1. The number of hydrogen-bond acceptors (Lipinski definition) is 4. The molecule has 0 fully saturated rings. The first-order valence-corrected chi connectivity index (χ1v) is 4.91. The SMILES string of the molecule is O=CCNC(=O)c1ccc2c(c1)B(OO)C2. The van der Waals surface area contributed by atoms with Crippen LogP contribution in [0.15, 0.2) is 18.2 Å². The lowest BCUT2D eigenvalue weighted by Crippen LogP contribution is -2.48. The van der Waals surface area contributed by atoms with Gasteiger partial charge in [0.25, 0.3) is 5.91 Å². The van der Waals surface area contributed by atoms with Gasteiger partial charge in [-0.3, -0.25) is 10.1 Å². The molecule has 0 aromatic heterocycles. The molecule has 0 spiro atoms. The fourth-order valence-corrected chi connectivity index (χ4v) is 1.73. The van der Waals surface area contributed by atoms with Crippen molar-refractivity contribution < 1.29 is 19.7 Å². The minimum atomic E-state index is -0.339. The topological polar surface area (TPSA) is 75.6 Å². The third-order valence-electron chi connectivity index (χ3n) is 2.63. The molecule has 0 aliphatic carbocycles. The average molecular weight is 219 g/mol. The second-order valence-electron chi connectivity index (χ2n) is 3.59. The molecule has 0 saturated heterocycles. The van der Waals surface area contributed by atoms with Crippen molar-refractivity contribution in [2.24, 2.45) is 0 Å². The lowest BCUT2D eigenvalue weighted by atomic mass is 9.45.